The number of nitrogens with zero attached hydrogens (tertiary/aromatic N) is 2. The van der Waals surface area contributed by atoms with Crippen LogP contribution < -0.4 is 5.32 Å². The number of hydrogen-bond donors (Lipinski definition) is 2. The predicted octanol–water partition coefficient (Wildman–Crippen LogP) is 2.54. The van der Waals surface area contributed by atoms with Crippen molar-refractivity contribution < 1.29 is 13.6 Å². The minimum atomic E-state index is -2.68. The summed E-state index contributed by atoms with van der Waals surface area (Å²) >= 11 is 0. The molecule has 1 unspecified atom stereocenters. The number of aromatic nitrogens is 3. The zero-order valence-corrected chi connectivity index (χ0v) is 11.0. The molecule has 0 saturated carbocycles. The first-order chi connectivity index (χ1) is 9.47. The highest BCUT2D eigenvalue weighted by Gasteiger charge is 2.17. The van der Waals surface area contributed by atoms with Crippen molar-refractivity contribution in [2.24, 2.45) is 0 Å². The van der Waals surface area contributed by atoms with Crippen LogP contribution in [0.25, 0.3) is 0 Å². The number of halogens is 2. The highest BCUT2D eigenvalue weighted by Crippen LogP contribution is 2.17. The molecule has 0 saturated heterocycles. The topological polar surface area (TPSA) is 70.7 Å². The van der Waals surface area contributed by atoms with Crippen LogP contribution in [0.15, 0.2) is 24.4 Å². The van der Waals surface area contributed by atoms with Crippen LogP contribution in [0.5, 0.6) is 0 Å². The fourth-order valence-electron chi connectivity index (χ4n) is 1.65. The molecule has 0 aliphatic carbocycles. The molecule has 0 aliphatic rings. The van der Waals surface area contributed by atoms with Crippen LogP contribution in [0.1, 0.15) is 46.8 Å². The smallest absolute Gasteiger partial charge is 0.279 e. The molecule has 20 heavy (non-hydrogen) atoms. The van der Waals surface area contributed by atoms with Gasteiger partial charge in [-0.2, -0.15) is 5.10 Å². The van der Waals surface area contributed by atoms with Gasteiger partial charge < -0.3 is 5.32 Å². The van der Waals surface area contributed by atoms with E-state index in [-0.39, 0.29) is 17.4 Å². The van der Waals surface area contributed by atoms with Gasteiger partial charge in [-0.25, -0.2) is 8.78 Å². The third-order valence-corrected chi connectivity index (χ3v) is 2.85. The van der Waals surface area contributed by atoms with Crippen molar-refractivity contribution in [1.29, 1.82) is 0 Å². The van der Waals surface area contributed by atoms with Gasteiger partial charge in [-0.05, 0) is 31.5 Å². The van der Waals surface area contributed by atoms with Crippen molar-refractivity contribution in [3.05, 3.63) is 47.0 Å². The number of aromatic amines is 1. The van der Waals surface area contributed by atoms with Crippen LogP contribution in [-0.2, 0) is 0 Å². The molecular weight excluding hydrogens is 266 g/mol. The summed E-state index contributed by atoms with van der Waals surface area (Å²) in [5.74, 6) is -0.513. The van der Waals surface area contributed by atoms with Crippen LogP contribution >= 0.6 is 0 Å². The first kappa shape index (κ1) is 14.1. The van der Waals surface area contributed by atoms with Crippen LogP contribution in [-0.4, -0.2) is 21.1 Å². The monoisotopic (exact) mass is 280 g/mol. The molecule has 2 aromatic heterocycles. The van der Waals surface area contributed by atoms with Crippen molar-refractivity contribution >= 4 is 5.91 Å². The molecule has 0 aliphatic heterocycles. The van der Waals surface area contributed by atoms with E-state index in [1.165, 1.54) is 0 Å². The highest BCUT2D eigenvalue weighted by molar-refractivity contribution is 5.92. The average Bonchev–Trinajstić information content (AvgIpc) is 2.89. The Hall–Kier alpha value is -2.31. The Balaban J connectivity index is 2.04. The quantitative estimate of drug-likeness (QED) is 0.904. The maximum atomic E-state index is 12.4. The van der Waals surface area contributed by atoms with E-state index >= 15 is 0 Å². The van der Waals surface area contributed by atoms with Gasteiger partial charge in [-0.3, -0.25) is 14.9 Å². The van der Waals surface area contributed by atoms with Gasteiger partial charge in [0.2, 0.25) is 0 Å². The molecule has 2 heterocycles. The Bertz CT molecular complexity index is 595. The molecule has 7 heteroatoms. The first-order valence-corrected chi connectivity index (χ1v) is 6.04. The molecule has 5 nitrogen and oxygen atoms in total. The van der Waals surface area contributed by atoms with Crippen molar-refractivity contribution in [1.82, 2.24) is 20.5 Å². The van der Waals surface area contributed by atoms with Gasteiger partial charge in [0.1, 0.15) is 11.4 Å². The molecule has 2 aromatic rings. The number of alkyl halides is 2. The second-order valence-corrected chi connectivity index (χ2v) is 4.44. The normalized spacial score (nSPS) is 12.4. The molecule has 0 bridgehead atoms. The summed E-state index contributed by atoms with van der Waals surface area (Å²) < 4.78 is 24.8. The SMILES string of the molecule is Cc1ccc(C(C)NC(=O)c2cc(C(F)F)[nH]n2)cn1. The maximum absolute atomic E-state index is 12.4. The van der Waals surface area contributed by atoms with E-state index in [4.69, 9.17) is 0 Å². The number of nitrogens with one attached hydrogen (secondary N) is 2. The minimum absolute atomic E-state index is 0.0628. The largest absolute Gasteiger partial charge is 0.344 e. The van der Waals surface area contributed by atoms with E-state index in [9.17, 15) is 13.6 Å². The number of aryl methyl sites for hydroxylation is 1. The van der Waals surface area contributed by atoms with Gasteiger partial charge in [0, 0.05) is 11.9 Å². The molecule has 0 fully saturated rings. The standard InChI is InChI=1S/C13H14F2N4O/c1-7-3-4-9(6-16-7)8(2)17-13(20)11-5-10(12(14)15)18-19-11/h3-6,8,12H,1-2H3,(H,17,20)(H,18,19). The van der Waals surface area contributed by atoms with E-state index in [1.807, 2.05) is 19.1 Å². The molecule has 1 amide bonds. The minimum Gasteiger partial charge on any atom is -0.344 e. The number of carbonyl (C=O) groups excluding carboxylic acids is 1. The summed E-state index contributed by atoms with van der Waals surface area (Å²) in [4.78, 5) is 16.0. The van der Waals surface area contributed by atoms with Crippen LogP contribution in [0.2, 0.25) is 0 Å². The number of amides is 1. The number of pyridine rings is 1. The summed E-state index contributed by atoms with van der Waals surface area (Å²) in [5.41, 5.74) is 1.27. The third-order valence-electron chi connectivity index (χ3n) is 2.85. The summed E-state index contributed by atoms with van der Waals surface area (Å²) in [6, 6.07) is 4.44. The lowest BCUT2D eigenvalue weighted by Crippen LogP contribution is -2.27. The Morgan fingerprint density at radius 3 is 2.70 bits per heavy atom. The molecule has 1 atom stereocenters. The summed E-state index contributed by atoms with van der Waals surface area (Å²) in [7, 11) is 0. The Morgan fingerprint density at radius 2 is 2.15 bits per heavy atom. The second kappa shape index (κ2) is 5.77. The van der Waals surface area contributed by atoms with Gasteiger partial charge in [-0.15, -0.1) is 0 Å². The van der Waals surface area contributed by atoms with Crippen molar-refractivity contribution in [3.8, 4) is 0 Å². The number of hydrogen-bond acceptors (Lipinski definition) is 3. The van der Waals surface area contributed by atoms with E-state index in [2.05, 4.69) is 20.5 Å². The molecule has 0 radical (unpaired) electrons. The van der Waals surface area contributed by atoms with Crippen LogP contribution in [0, 0.1) is 6.92 Å². The molecular formula is C13H14F2N4O. The number of rotatable bonds is 4. The first-order valence-electron chi connectivity index (χ1n) is 6.04. The second-order valence-electron chi connectivity index (χ2n) is 4.44. The number of H-pyrrole nitrogens is 1. The van der Waals surface area contributed by atoms with E-state index < -0.39 is 12.3 Å². The van der Waals surface area contributed by atoms with Crippen LogP contribution in [0.3, 0.4) is 0 Å². The zero-order chi connectivity index (χ0) is 14.7. The van der Waals surface area contributed by atoms with Crippen LogP contribution in [0.4, 0.5) is 8.78 Å². The summed E-state index contributed by atoms with van der Waals surface area (Å²) in [6.45, 7) is 3.65. The van der Waals surface area contributed by atoms with Crippen molar-refractivity contribution in [2.75, 3.05) is 0 Å². The van der Waals surface area contributed by atoms with Gasteiger partial charge >= 0.3 is 0 Å². The lowest BCUT2D eigenvalue weighted by atomic mass is 10.1. The van der Waals surface area contributed by atoms with Gasteiger partial charge in [-0.1, -0.05) is 6.07 Å². The number of carbonyl (C=O) groups is 1. The van der Waals surface area contributed by atoms with E-state index in [1.54, 1.807) is 13.1 Å². The van der Waals surface area contributed by atoms with E-state index in [0.29, 0.717) is 0 Å². The fraction of sp³-hybridized carbons (Fsp3) is 0.308. The maximum Gasteiger partial charge on any atom is 0.279 e. The van der Waals surface area contributed by atoms with Crippen molar-refractivity contribution in [2.45, 2.75) is 26.3 Å². The zero-order valence-electron chi connectivity index (χ0n) is 11.0. The summed E-state index contributed by atoms with van der Waals surface area (Å²) in [6.07, 6.45) is -1.02. The predicted molar refractivity (Wildman–Crippen MR) is 68.4 cm³/mol. The molecule has 2 N–H and O–H groups in total. The third kappa shape index (κ3) is 3.17. The van der Waals surface area contributed by atoms with Gasteiger partial charge in [0.15, 0.2) is 0 Å². The Morgan fingerprint density at radius 1 is 1.40 bits per heavy atom. The molecule has 106 valence electrons. The molecule has 2 rings (SSSR count). The Labute approximate surface area is 114 Å². The lowest BCUT2D eigenvalue weighted by Gasteiger charge is -2.13. The van der Waals surface area contributed by atoms with Gasteiger partial charge in [0.25, 0.3) is 12.3 Å². The summed E-state index contributed by atoms with van der Waals surface area (Å²) in [5, 5.41) is 8.38. The molecule has 0 aromatic carbocycles. The van der Waals surface area contributed by atoms with E-state index in [0.717, 1.165) is 17.3 Å². The highest BCUT2D eigenvalue weighted by atomic mass is 19.3. The average molecular weight is 280 g/mol. The lowest BCUT2D eigenvalue weighted by molar-refractivity contribution is 0.0935. The van der Waals surface area contributed by atoms with Crippen molar-refractivity contribution in [3.63, 3.8) is 0 Å². The Kier molecular flexibility index (Phi) is 4.07. The fourth-order valence-corrected chi connectivity index (χ4v) is 1.65. The van der Waals surface area contributed by atoms with Gasteiger partial charge in [0.05, 0.1) is 6.04 Å². The molecule has 0 spiro atoms.